The largest absolute Gasteiger partial charge is 0.478 e. The molecular formula is C12H16N2O2S. The highest BCUT2D eigenvalue weighted by molar-refractivity contribution is 7.12. The number of aliphatic carboxylic acids is 1. The molecule has 1 aromatic heterocycles. The zero-order valence-electron chi connectivity index (χ0n) is 10.0. The first-order valence-corrected chi connectivity index (χ1v) is 6.43. The molecule has 0 unspecified atom stereocenters. The molecule has 0 spiro atoms. The summed E-state index contributed by atoms with van der Waals surface area (Å²) >= 11 is 1.60. The maximum Gasteiger partial charge on any atom is 0.328 e. The van der Waals surface area contributed by atoms with Gasteiger partial charge in [-0.15, -0.1) is 11.3 Å². The Morgan fingerprint density at radius 3 is 2.82 bits per heavy atom. The molecular weight excluding hydrogens is 236 g/mol. The smallest absolute Gasteiger partial charge is 0.328 e. The minimum atomic E-state index is -0.908. The van der Waals surface area contributed by atoms with Gasteiger partial charge in [-0.3, -0.25) is 0 Å². The predicted molar refractivity (Wildman–Crippen MR) is 68.1 cm³/mol. The van der Waals surface area contributed by atoms with Crippen molar-refractivity contribution in [1.29, 1.82) is 0 Å². The van der Waals surface area contributed by atoms with E-state index >= 15 is 0 Å². The maximum absolute atomic E-state index is 10.5. The molecule has 1 aromatic rings. The summed E-state index contributed by atoms with van der Waals surface area (Å²) in [5.74, 6) is -0.357. The molecule has 0 bridgehead atoms. The number of hydrogen-bond acceptors (Lipinski definition) is 4. The molecule has 1 heterocycles. The second-order valence-corrected chi connectivity index (χ2v) is 5.66. The van der Waals surface area contributed by atoms with Crippen LogP contribution < -0.4 is 0 Å². The van der Waals surface area contributed by atoms with Gasteiger partial charge in [-0.25, -0.2) is 9.78 Å². The van der Waals surface area contributed by atoms with Crippen LogP contribution in [0.4, 0.5) is 0 Å². The third kappa shape index (κ3) is 3.38. The van der Waals surface area contributed by atoms with E-state index in [0.717, 1.165) is 22.1 Å². The molecule has 0 amide bonds. The number of nitrogens with zero attached hydrogens (tertiary/aromatic N) is 2. The van der Waals surface area contributed by atoms with Crippen LogP contribution in [0, 0.1) is 0 Å². The van der Waals surface area contributed by atoms with Crippen molar-refractivity contribution in [2.45, 2.75) is 25.3 Å². The van der Waals surface area contributed by atoms with Crippen molar-refractivity contribution >= 4 is 23.4 Å². The van der Waals surface area contributed by atoms with Crippen molar-refractivity contribution in [3.05, 3.63) is 21.7 Å². The van der Waals surface area contributed by atoms with Crippen molar-refractivity contribution in [3.63, 3.8) is 0 Å². The van der Waals surface area contributed by atoms with E-state index in [9.17, 15) is 4.79 Å². The molecule has 17 heavy (non-hydrogen) atoms. The summed E-state index contributed by atoms with van der Waals surface area (Å²) in [5, 5.41) is 9.72. The molecule has 2 rings (SSSR count). The van der Waals surface area contributed by atoms with Crippen molar-refractivity contribution < 1.29 is 9.90 Å². The van der Waals surface area contributed by atoms with Gasteiger partial charge in [-0.2, -0.15) is 0 Å². The van der Waals surface area contributed by atoms with Gasteiger partial charge in [0.05, 0.1) is 10.6 Å². The summed E-state index contributed by atoms with van der Waals surface area (Å²) in [6.45, 7) is 0.811. The van der Waals surface area contributed by atoms with Gasteiger partial charge in [0, 0.05) is 18.5 Å². The number of carbonyl (C=O) groups is 1. The van der Waals surface area contributed by atoms with Crippen LogP contribution in [-0.2, 0) is 11.3 Å². The Morgan fingerprint density at radius 1 is 1.59 bits per heavy atom. The highest BCUT2D eigenvalue weighted by Crippen LogP contribution is 2.43. The normalized spacial score (nSPS) is 15.9. The lowest BCUT2D eigenvalue weighted by molar-refractivity contribution is -0.131. The Labute approximate surface area is 105 Å². The van der Waals surface area contributed by atoms with E-state index < -0.39 is 5.97 Å². The second kappa shape index (κ2) is 4.98. The number of rotatable bonds is 5. The summed E-state index contributed by atoms with van der Waals surface area (Å²) < 4.78 is 0. The van der Waals surface area contributed by atoms with E-state index in [4.69, 9.17) is 5.11 Å². The van der Waals surface area contributed by atoms with Crippen LogP contribution in [0.25, 0.3) is 6.08 Å². The van der Waals surface area contributed by atoms with Gasteiger partial charge >= 0.3 is 5.97 Å². The lowest BCUT2D eigenvalue weighted by atomic mass is 10.2. The van der Waals surface area contributed by atoms with Crippen molar-refractivity contribution in [1.82, 2.24) is 9.88 Å². The monoisotopic (exact) mass is 252 g/mol. The molecule has 92 valence electrons. The highest BCUT2D eigenvalue weighted by Gasteiger charge is 2.28. The molecule has 1 aliphatic carbocycles. The van der Waals surface area contributed by atoms with E-state index in [2.05, 4.69) is 9.88 Å². The van der Waals surface area contributed by atoms with Crippen molar-refractivity contribution in [2.75, 3.05) is 14.1 Å². The molecule has 1 N–H and O–H groups in total. The average molecular weight is 252 g/mol. The summed E-state index contributed by atoms with van der Waals surface area (Å²) in [6.07, 6.45) is 5.23. The Morgan fingerprint density at radius 2 is 2.29 bits per heavy atom. The van der Waals surface area contributed by atoms with Crippen LogP contribution in [0.15, 0.2) is 6.08 Å². The van der Waals surface area contributed by atoms with Crippen LogP contribution in [0.3, 0.4) is 0 Å². The zero-order valence-corrected chi connectivity index (χ0v) is 10.8. The maximum atomic E-state index is 10.5. The van der Waals surface area contributed by atoms with Gasteiger partial charge in [0.25, 0.3) is 0 Å². The molecule has 0 atom stereocenters. The lowest BCUT2D eigenvalue weighted by Gasteiger charge is -2.04. The Kier molecular flexibility index (Phi) is 3.59. The molecule has 0 saturated heterocycles. The summed E-state index contributed by atoms with van der Waals surface area (Å²) in [7, 11) is 4.01. The SMILES string of the molecule is CN(C)Cc1nc(C2CC2)c(/C=C/C(=O)O)s1. The van der Waals surface area contributed by atoms with E-state index in [1.165, 1.54) is 18.9 Å². The number of carboxylic acids is 1. The molecule has 5 heteroatoms. The highest BCUT2D eigenvalue weighted by atomic mass is 32.1. The number of hydrogen-bond donors (Lipinski definition) is 1. The van der Waals surface area contributed by atoms with Gasteiger partial charge in [0.15, 0.2) is 0 Å². The van der Waals surface area contributed by atoms with Gasteiger partial charge < -0.3 is 10.0 Å². The Balaban J connectivity index is 2.22. The van der Waals surface area contributed by atoms with Gasteiger partial charge in [-0.1, -0.05) is 0 Å². The first-order valence-electron chi connectivity index (χ1n) is 5.61. The Bertz CT molecular complexity index is 447. The zero-order chi connectivity index (χ0) is 12.4. The van der Waals surface area contributed by atoms with Crippen LogP contribution in [-0.4, -0.2) is 35.1 Å². The molecule has 0 radical (unpaired) electrons. The van der Waals surface area contributed by atoms with Crippen molar-refractivity contribution in [3.8, 4) is 0 Å². The molecule has 1 fully saturated rings. The second-order valence-electron chi connectivity index (χ2n) is 4.54. The van der Waals surface area contributed by atoms with Gasteiger partial charge in [-0.05, 0) is 33.0 Å². The minimum absolute atomic E-state index is 0.551. The van der Waals surface area contributed by atoms with Crippen molar-refractivity contribution in [2.24, 2.45) is 0 Å². The van der Waals surface area contributed by atoms with Crippen LogP contribution >= 0.6 is 11.3 Å². The number of aromatic nitrogens is 1. The van der Waals surface area contributed by atoms with Gasteiger partial charge in [0.1, 0.15) is 5.01 Å². The summed E-state index contributed by atoms with van der Waals surface area (Å²) in [6, 6.07) is 0. The molecule has 0 aliphatic heterocycles. The molecule has 1 aliphatic rings. The number of thiazole rings is 1. The summed E-state index contributed by atoms with van der Waals surface area (Å²) in [4.78, 5) is 18.2. The fourth-order valence-electron chi connectivity index (χ4n) is 1.65. The van der Waals surface area contributed by atoms with Crippen LogP contribution in [0.1, 0.15) is 34.3 Å². The molecule has 0 aromatic carbocycles. The fourth-order valence-corrected chi connectivity index (χ4v) is 2.82. The van der Waals surface area contributed by atoms with E-state index in [0.29, 0.717) is 5.92 Å². The quantitative estimate of drug-likeness (QED) is 0.816. The molecule has 4 nitrogen and oxygen atoms in total. The standard InChI is InChI=1S/C12H16N2O2S/c1-14(2)7-10-13-12(8-3-4-8)9(17-10)5-6-11(15)16/h5-6,8H,3-4,7H2,1-2H3,(H,15,16)/b6-5+. The predicted octanol–water partition coefficient (Wildman–Crippen LogP) is 2.18. The van der Waals surface area contributed by atoms with E-state index in [-0.39, 0.29) is 0 Å². The lowest BCUT2D eigenvalue weighted by Crippen LogP contribution is -2.10. The summed E-state index contributed by atoms with van der Waals surface area (Å²) in [5.41, 5.74) is 1.09. The fraction of sp³-hybridized carbons (Fsp3) is 0.500. The van der Waals surface area contributed by atoms with E-state index in [1.807, 2.05) is 14.1 Å². The molecule has 1 saturated carbocycles. The van der Waals surface area contributed by atoms with Crippen LogP contribution in [0.5, 0.6) is 0 Å². The third-order valence-electron chi connectivity index (χ3n) is 2.52. The van der Waals surface area contributed by atoms with E-state index in [1.54, 1.807) is 17.4 Å². The van der Waals surface area contributed by atoms with Gasteiger partial charge in [0.2, 0.25) is 0 Å². The third-order valence-corrected chi connectivity index (χ3v) is 3.54. The topological polar surface area (TPSA) is 53.4 Å². The average Bonchev–Trinajstić information content (AvgIpc) is 2.98. The Hall–Kier alpha value is -1.20. The number of carboxylic acid groups (broad SMARTS) is 1. The van der Waals surface area contributed by atoms with Crippen LogP contribution in [0.2, 0.25) is 0 Å². The first-order chi connectivity index (χ1) is 8.06. The first kappa shape index (κ1) is 12.3. The minimum Gasteiger partial charge on any atom is -0.478 e.